The maximum atomic E-state index is 12.4. The van der Waals surface area contributed by atoms with Gasteiger partial charge in [0.05, 0.1) is 20.8 Å². The highest BCUT2D eigenvalue weighted by Crippen LogP contribution is 2.24. The third-order valence-corrected chi connectivity index (χ3v) is 5.95. The molecule has 8 heteroatoms. The van der Waals surface area contributed by atoms with E-state index in [1.807, 2.05) is 6.92 Å². The first-order valence-electron chi connectivity index (χ1n) is 6.82. The average molecular weight is 369 g/mol. The second kappa shape index (κ2) is 5.99. The molecule has 120 valence electrons. The van der Waals surface area contributed by atoms with Gasteiger partial charge in [0.15, 0.2) is 0 Å². The lowest BCUT2D eigenvalue weighted by Crippen LogP contribution is -2.13. The summed E-state index contributed by atoms with van der Waals surface area (Å²) in [5, 5.41) is 0.469. The summed E-state index contributed by atoms with van der Waals surface area (Å²) in [4.78, 5) is 11.9. The molecule has 0 unspecified atom stereocenters. The first-order valence-corrected chi connectivity index (χ1v) is 9.50. The molecule has 0 aliphatic carbocycles. The van der Waals surface area contributed by atoms with E-state index in [4.69, 9.17) is 11.6 Å². The van der Waals surface area contributed by atoms with Gasteiger partial charge in [0.25, 0.3) is 10.0 Å². The molecule has 1 N–H and O–H groups in total. The summed E-state index contributed by atoms with van der Waals surface area (Å²) in [6.07, 6.45) is 0. The molecule has 1 aromatic heterocycles. The minimum Gasteiger partial charge on any atom is -0.299 e. The zero-order valence-corrected chi connectivity index (χ0v) is 14.5. The molecule has 0 radical (unpaired) electrons. The van der Waals surface area contributed by atoms with E-state index in [2.05, 4.69) is 4.72 Å². The number of hydrogen-bond acceptors (Lipinski definition) is 4. The minimum absolute atomic E-state index is 0.0554. The largest absolute Gasteiger partial charge is 0.308 e. The molecule has 0 atom stereocenters. The summed E-state index contributed by atoms with van der Waals surface area (Å²) in [6.45, 7) is 2.47. The minimum atomic E-state index is -3.70. The van der Waals surface area contributed by atoms with Crippen LogP contribution in [0.1, 0.15) is 6.92 Å². The van der Waals surface area contributed by atoms with Gasteiger partial charge in [-0.25, -0.2) is 8.42 Å². The van der Waals surface area contributed by atoms with Gasteiger partial charge >= 0.3 is 4.87 Å². The SMILES string of the molecule is CCn1c(=O)sc2cc(NS(=O)(=O)c3ccc(Cl)cc3)ccc21. The zero-order chi connectivity index (χ0) is 16.6. The van der Waals surface area contributed by atoms with Gasteiger partial charge in [0.1, 0.15) is 0 Å². The van der Waals surface area contributed by atoms with E-state index in [1.165, 1.54) is 24.3 Å². The Kier molecular flexibility index (Phi) is 4.18. The Labute approximate surface area is 142 Å². The van der Waals surface area contributed by atoms with Crippen LogP contribution in [0.15, 0.2) is 52.2 Å². The lowest BCUT2D eigenvalue weighted by molar-refractivity contribution is 0.601. The highest BCUT2D eigenvalue weighted by Gasteiger charge is 2.15. The lowest BCUT2D eigenvalue weighted by atomic mass is 10.3. The summed E-state index contributed by atoms with van der Waals surface area (Å²) in [6, 6.07) is 11.0. The Bertz CT molecular complexity index is 1020. The van der Waals surface area contributed by atoms with Crippen LogP contribution in [0, 0.1) is 0 Å². The number of rotatable bonds is 4. The number of nitrogens with one attached hydrogen (secondary N) is 1. The smallest absolute Gasteiger partial charge is 0.299 e. The van der Waals surface area contributed by atoms with Crippen molar-refractivity contribution in [3.8, 4) is 0 Å². The fraction of sp³-hybridized carbons (Fsp3) is 0.133. The van der Waals surface area contributed by atoms with Crippen molar-refractivity contribution in [2.45, 2.75) is 18.4 Å². The maximum absolute atomic E-state index is 12.4. The maximum Gasteiger partial charge on any atom is 0.308 e. The first-order chi connectivity index (χ1) is 10.9. The quantitative estimate of drug-likeness (QED) is 0.765. The van der Waals surface area contributed by atoms with Crippen LogP contribution in [0.3, 0.4) is 0 Å². The standard InChI is InChI=1S/C15H13ClN2O3S2/c1-2-18-13-8-5-11(9-14(13)22-15(18)19)17-23(20,21)12-6-3-10(16)4-7-12/h3-9,17H,2H2,1H3. The molecule has 3 aromatic rings. The van der Waals surface area contributed by atoms with E-state index in [-0.39, 0.29) is 9.77 Å². The Balaban J connectivity index is 1.98. The molecule has 3 rings (SSSR count). The normalized spacial score (nSPS) is 11.7. The topological polar surface area (TPSA) is 68.2 Å². The van der Waals surface area contributed by atoms with Crippen LogP contribution in [0.4, 0.5) is 5.69 Å². The predicted molar refractivity (Wildman–Crippen MR) is 94.0 cm³/mol. The number of nitrogens with zero attached hydrogens (tertiary/aromatic N) is 1. The van der Waals surface area contributed by atoms with Crippen LogP contribution in [0.25, 0.3) is 10.2 Å². The van der Waals surface area contributed by atoms with E-state index in [0.29, 0.717) is 17.3 Å². The summed E-state index contributed by atoms with van der Waals surface area (Å²) in [7, 11) is -3.70. The van der Waals surface area contributed by atoms with Crippen LogP contribution < -0.4 is 9.60 Å². The van der Waals surface area contributed by atoms with Crippen molar-refractivity contribution in [3.63, 3.8) is 0 Å². The Morgan fingerprint density at radius 2 is 1.87 bits per heavy atom. The number of benzene rings is 2. The molecule has 0 saturated carbocycles. The summed E-state index contributed by atoms with van der Waals surface area (Å²) in [5.41, 5.74) is 1.22. The van der Waals surface area contributed by atoms with Crippen LogP contribution in [-0.2, 0) is 16.6 Å². The van der Waals surface area contributed by atoms with Gasteiger partial charge in [-0.15, -0.1) is 0 Å². The summed E-state index contributed by atoms with van der Waals surface area (Å²) < 4.78 is 29.6. The third-order valence-electron chi connectivity index (χ3n) is 3.36. The zero-order valence-electron chi connectivity index (χ0n) is 12.1. The van der Waals surface area contributed by atoms with Crippen molar-refractivity contribution in [3.05, 3.63) is 57.2 Å². The highest BCUT2D eigenvalue weighted by molar-refractivity contribution is 7.92. The summed E-state index contributed by atoms with van der Waals surface area (Å²) in [5.74, 6) is 0. The number of sulfonamides is 1. The molecule has 0 spiro atoms. The third kappa shape index (κ3) is 3.12. The van der Waals surface area contributed by atoms with Crippen molar-refractivity contribution in [2.24, 2.45) is 0 Å². The van der Waals surface area contributed by atoms with Gasteiger partial charge in [-0.05, 0) is 49.4 Å². The second-order valence-corrected chi connectivity index (χ2v) is 7.97. The molecule has 1 heterocycles. The molecule has 0 aliphatic rings. The molecule has 5 nitrogen and oxygen atoms in total. The molecule has 2 aromatic carbocycles. The van der Waals surface area contributed by atoms with Crippen LogP contribution in [-0.4, -0.2) is 13.0 Å². The average Bonchev–Trinajstić information content (AvgIpc) is 2.81. The molecular formula is C15H13ClN2O3S2. The lowest BCUT2D eigenvalue weighted by Gasteiger charge is -2.08. The monoisotopic (exact) mass is 368 g/mol. The van der Waals surface area contributed by atoms with Crippen LogP contribution in [0.5, 0.6) is 0 Å². The van der Waals surface area contributed by atoms with E-state index in [0.717, 1.165) is 21.6 Å². The Morgan fingerprint density at radius 1 is 1.17 bits per heavy atom. The molecule has 0 saturated heterocycles. The second-order valence-electron chi connectivity index (χ2n) is 4.85. The Hall–Kier alpha value is -1.83. The van der Waals surface area contributed by atoms with Crippen molar-refractivity contribution >= 4 is 48.9 Å². The number of anilines is 1. The van der Waals surface area contributed by atoms with Gasteiger partial charge in [-0.1, -0.05) is 22.9 Å². The number of hydrogen-bond donors (Lipinski definition) is 1. The van der Waals surface area contributed by atoms with Gasteiger partial charge in [0.2, 0.25) is 0 Å². The number of halogens is 1. The van der Waals surface area contributed by atoms with E-state index in [1.54, 1.807) is 22.8 Å². The number of thiazole rings is 1. The fourth-order valence-corrected chi connectivity index (χ4v) is 4.43. The van der Waals surface area contributed by atoms with Crippen LogP contribution >= 0.6 is 22.9 Å². The molecular weight excluding hydrogens is 356 g/mol. The van der Waals surface area contributed by atoms with E-state index >= 15 is 0 Å². The van der Waals surface area contributed by atoms with Gasteiger partial charge < -0.3 is 0 Å². The van der Waals surface area contributed by atoms with Crippen molar-refractivity contribution in [1.29, 1.82) is 0 Å². The molecule has 0 amide bonds. The predicted octanol–water partition coefficient (Wildman–Crippen LogP) is 3.54. The fourth-order valence-electron chi connectivity index (χ4n) is 2.26. The van der Waals surface area contributed by atoms with E-state index in [9.17, 15) is 13.2 Å². The number of aromatic nitrogens is 1. The van der Waals surface area contributed by atoms with Gasteiger partial charge in [-0.3, -0.25) is 14.1 Å². The molecule has 0 fully saturated rings. The van der Waals surface area contributed by atoms with Crippen molar-refractivity contribution < 1.29 is 8.42 Å². The summed E-state index contributed by atoms with van der Waals surface area (Å²) >= 11 is 6.87. The van der Waals surface area contributed by atoms with Gasteiger partial charge in [-0.2, -0.15) is 0 Å². The molecule has 23 heavy (non-hydrogen) atoms. The Morgan fingerprint density at radius 3 is 2.52 bits per heavy atom. The van der Waals surface area contributed by atoms with Gasteiger partial charge in [0, 0.05) is 11.6 Å². The van der Waals surface area contributed by atoms with Crippen molar-refractivity contribution in [2.75, 3.05) is 4.72 Å². The molecule has 0 bridgehead atoms. The number of aryl methyl sites for hydroxylation is 1. The highest BCUT2D eigenvalue weighted by atomic mass is 35.5. The van der Waals surface area contributed by atoms with E-state index < -0.39 is 10.0 Å². The van der Waals surface area contributed by atoms with Crippen molar-refractivity contribution in [1.82, 2.24) is 4.57 Å². The number of fused-ring (bicyclic) bond motifs is 1. The van der Waals surface area contributed by atoms with Crippen LogP contribution in [0.2, 0.25) is 5.02 Å². The first kappa shape index (κ1) is 16.0. The molecule has 0 aliphatic heterocycles.